The number of nitrogens with two attached hydrogens (primary N) is 1. The molecule has 0 unspecified atom stereocenters. The van der Waals surface area contributed by atoms with Crippen LogP contribution < -0.4 is 5.73 Å². The summed E-state index contributed by atoms with van der Waals surface area (Å²) in [7, 11) is 1.92. The second kappa shape index (κ2) is 6.71. The molecule has 4 nitrogen and oxygen atoms in total. The molecule has 0 bridgehead atoms. The highest BCUT2D eigenvalue weighted by atomic mass is 16.5. The second-order valence-corrected chi connectivity index (χ2v) is 6.43. The highest BCUT2D eigenvalue weighted by Crippen LogP contribution is 2.29. The van der Waals surface area contributed by atoms with Crippen molar-refractivity contribution in [2.45, 2.75) is 56.9 Å². The summed E-state index contributed by atoms with van der Waals surface area (Å²) in [6, 6.07) is 0. The number of hydrogen-bond acceptors (Lipinski definition) is 3. The Morgan fingerprint density at radius 1 is 1.26 bits per heavy atom. The molecule has 0 radical (unpaired) electrons. The highest BCUT2D eigenvalue weighted by molar-refractivity contribution is 5.77. The van der Waals surface area contributed by atoms with Crippen molar-refractivity contribution < 1.29 is 9.53 Å². The number of carbonyl (C=O) groups excluding carboxylic acids is 1. The number of nitrogens with zero attached hydrogens (tertiary/aromatic N) is 1. The van der Waals surface area contributed by atoms with Crippen LogP contribution in [0.25, 0.3) is 0 Å². The lowest BCUT2D eigenvalue weighted by atomic mass is 9.80. The average molecular weight is 268 g/mol. The number of rotatable bonds is 4. The Labute approximate surface area is 116 Å². The van der Waals surface area contributed by atoms with E-state index in [1.54, 1.807) is 0 Å². The lowest BCUT2D eigenvalue weighted by molar-refractivity contribution is -0.132. The molecule has 1 amide bonds. The summed E-state index contributed by atoms with van der Waals surface area (Å²) in [5.41, 5.74) is 6.13. The second-order valence-electron chi connectivity index (χ2n) is 6.43. The molecule has 2 fully saturated rings. The first-order valence-electron chi connectivity index (χ1n) is 7.70. The van der Waals surface area contributed by atoms with Crippen LogP contribution >= 0.6 is 0 Å². The van der Waals surface area contributed by atoms with E-state index in [-0.39, 0.29) is 11.4 Å². The molecule has 1 saturated carbocycles. The van der Waals surface area contributed by atoms with Crippen molar-refractivity contribution in [2.24, 2.45) is 11.7 Å². The van der Waals surface area contributed by atoms with Gasteiger partial charge in [0.05, 0.1) is 0 Å². The molecule has 2 rings (SSSR count). The first kappa shape index (κ1) is 14.8. The summed E-state index contributed by atoms with van der Waals surface area (Å²) in [6.45, 7) is 2.54. The third-order valence-electron chi connectivity index (χ3n) is 4.65. The number of carbonyl (C=O) groups is 1. The van der Waals surface area contributed by atoms with Crippen LogP contribution in [-0.4, -0.2) is 43.2 Å². The fourth-order valence-corrected chi connectivity index (χ4v) is 3.29. The van der Waals surface area contributed by atoms with Crippen LogP contribution in [-0.2, 0) is 9.53 Å². The summed E-state index contributed by atoms with van der Waals surface area (Å²) >= 11 is 0. The minimum atomic E-state index is -0.237. The van der Waals surface area contributed by atoms with Gasteiger partial charge in [-0.1, -0.05) is 19.3 Å². The van der Waals surface area contributed by atoms with Crippen molar-refractivity contribution >= 4 is 5.91 Å². The predicted octanol–water partition coefficient (Wildman–Crippen LogP) is 1.92. The van der Waals surface area contributed by atoms with Gasteiger partial charge in [0.25, 0.3) is 0 Å². The Kier molecular flexibility index (Phi) is 5.22. The predicted molar refractivity (Wildman–Crippen MR) is 75.8 cm³/mol. The topological polar surface area (TPSA) is 55.6 Å². The Bertz CT molecular complexity index is 295. The van der Waals surface area contributed by atoms with E-state index in [1.807, 2.05) is 11.9 Å². The molecule has 19 heavy (non-hydrogen) atoms. The van der Waals surface area contributed by atoms with Gasteiger partial charge in [-0.05, 0) is 31.6 Å². The molecule has 0 spiro atoms. The highest BCUT2D eigenvalue weighted by Gasteiger charge is 2.31. The normalized spacial score (nSPS) is 24.1. The molecule has 0 aromatic heterocycles. The van der Waals surface area contributed by atoms with Gasteiger partial charge in [-0.3, -0.25) is 4.79 Å². The molecule has 2 aliphatic rings. The van der Waals surface area contributed by atoms with Gasteiger partial charge in [-0.15, -0.1) is 0 Å². The van der Waals surface area contributed by atoms with E-state index in [9.17, 15) is 4.79 Å². The Hall–Kier alpha value is -0.610. The maximum atomic E-state index is 12.3. The van der Waals surface area contributed by atoms with Crippen molar-refractivity contribution in [1.82, 2.24) is 4.90 Å². The number of ether oxygens (including phenoxy) is 1. The van der Waals surface area contributed by atoms with Gasteiger partial charge >= 0.3 is 0 Å². The van der Waals surface area contributed by atoms with Crippen molar-refractivity contribution in [3.05, 3.63) is 0 Å². The van der Waals surface area contributed by atoms with Crippen LogP contribution in [0.5, 0.6) is 0 Å². The van der Waals surface area contributed by atoms with E-state index in [0.29, 0.717) is 12.3 Å². The van der Waals surface area contributed by atoms with Crippen LogP contribution in [0.1, 0.15) is 51.4 Å². The largest absolute Gasteiger partial charge is 0.381 e. The minimum absolute atomic E-state index is 0.218. The third-order valence-corrected chi connectivity index (χ3v) is 4.65. The van der Waals surface area contributed by atoms with Gasteiger partial charge in [0.2, 0.25) is 5.91 Å². The maximum absolute atomic E-state index is 12.3. The van der Waals surface area contributed by atoms with Crippen LogP contribution in [0.4, 0.5) is 0 Å². The van der Waals surface area contributed by atoms with E-state index in [0.717, 1.165) is 45.4 Å². The molecule has 4 heteroatoms. The van der Waals surface area contributed by atoms with Gasteiger partial charge < -0.3 is 15.4 Å². The van der Waals surface area contributed by atoms with Gasteiger partial charge in [0.15, 0.2) is 0 Å². The van der Waals surface area contributed by atoms with Crippen LogP contribution in [0.2, 0.25) is 0 Å². The Morgan fingerprint density at radius 3 is 2.53 bits per heavy atom. The Balaban J connectivity index is 1.77. The summed E-state index contributed by atoms with van der Waals surface area (Å²) in [4.78, 5) is 14.2. The van der Waals surface area contributed by atoms with Crippen molar-refractivity contribution in [3.8, 4) is 0 Å². The summed E-state index contributed by atoms with van der Waals surface area (Å²) < 4.78 is 5.36. The minimum Gasteiger partial charge on any atom is -0.381 e. The van der Waals surface area contributed by atoms with Crippen molar-refractivity contribution in [2.75, 3.05) is 26.8 Å². The van der Waals surface area contributed by atoms with Crippen LogP contribution in [0.3, 0.4) is 0 Å². The molecule has 0 atom stereocenters. The molecule has 2 N–H and O–H groups in total. The molecule has 1 aliphatic heterocycles. The van der Waals surface area contributed by atoms with E-state index in [4.69, 9.17) is 10.5 Å². The third kappa shape index (κ3) is 4.46. The van der Waals surface area contributed by atoms with Gasteiger partial charge in [0, 0.05) is 38.8 Å². The van der Waals surface area contributed by atoms with Gasteiger partial charge in [-0.2, -0.15) is 0 Å². The first-order chi connectivity index (χ1) is 9.09. The van der Waals surface area contributed by atoms with E-state index in [2.05, 4.69) is 0 Å². The van der Waals surface area contributed by atoms with Gasteiger partial charge in [-0.25, -0.2) is 0 Å². The molecule has 110 valence electrons. The number of amides is 1. The molecule has 1 heterocycles. The zero-order valence-corrected chi connectivity index (χ0v) is 12.2. The van der Waals surface area contributed by atoms with Crippen molar-refractivity contribution in [1.29, 1.82) is 0 Å². The zero-order valence-electron chi connectivity index (χ0n) is 12.2. The smallest absolute Gasteiger partial charge is 0.224 e. The van der Waals surface area contributed by atoms with Crippen LogP contribution in [0.15, 0.2) is 0 Å². The first-order valence-corrected chi connectivity index (χ1v) is 7.70. The lowest BCUT2D eigenvalue weighted by Crippen LogP contribution is -2.47. The van der Waals surface area contributed by atoms with E-state index >= 15 is 0 Å². The Morgan fingerprint density at radius 2 is 1.89 bits per heavy atom. The lowest BCUT2D eigenvalue weighted by Gasteiger charge is -2.35. The summed E-state index contributed by atoms with van der Waals surface area (Å²) in [5, 5.41) is 0. The maximum Gasteiger partial charge on any atom is 0.224 e. The summed E-state index contributed by atoms with van der Waals surface area (Å²) in [5.74, 6) is 0.818. The molecular weight excluding hydrogens is 240 g/mol. The monoisotopic (exact) mass is 268 g/mol. The molecule has 1 saturated heterocycles. The molecular formula is C15H28N2O2. The van der Waals surface area contributed by atoms with E-state index < -0.39 is 0 Å². The zero-order chi connectivity index (χ0) is 13.7. The van der Waals surface area contributed by atoms with Gasteiger partial charge in [0.1, 0.15) is 0 Å². The van der Waals surface area contributed by atoms with E-state index in [1.165, 1.54) is 19.3 Å². The quantitative estimate of drug-likeness (QED) is 0.847. The number of hydrogen-bond donors (Lipinski definition) is 1. The fraction of sp³-hybridized carbons (Fsp3) is 0.933. The molecule has 0 aromatic carbocycles. The molecule has 0 aromatic rings. The van der Waals surface area contributed by atoms with Crippen LogP contribution in [0, 0.1) is 5.92 Å². The molecule has 1 aliphatic carbocycles. The summed E-state index contributed by atoms with van der Waals surface area (Å²) in [6.07, 6.45) is 8.29. The average Bonchev–Trinajstić information content (AvgIpc) is 2.40. The standard InChI is InChI=1S/C15H28N2O2/c1-17(12-13-5-9-19-10-6-13)14(18)11-15(16)7-3-2-4-8-15/h13H,2-12,16H2,1H3. The van der Waals surface area contributed by atoms with Crippen molar-refractivity contribution in [3.63, 3.8) is 0 Å². The fourth-order valence-electron chi connectivity index (χ4n) is 3.29. The SMILES string of the molecule is CN(CC1CCOCC1)C(=O)CC1(N)CCCCC1.